The van der Waals surface area contributed by atoms with Crippen molar-refractivity contribution in [2.24, 2.45) is 10.2 Å². The van der Waals surface area contributed by atoms with Crippen molar-refractivity contribution in [1.29, 1.82) is 0 Å². The number of hydrogen-bond donors (Lipinski definition) is 1. The third-order valence-corrected chi connectivity index (χ3v) is 3.24. The van der Waals surface area contributed by atoms with Gasteiger partial charge in [0.2, 0.25) is 5.91 Å². The summed E-state index contributed by atoms with van der Waals surface area (Å²) in [4.78, 5) is 21.0. The summed E-state index contributed by atoms with van der Waals surface area (Å²) in [6.07, 6.45) is 0. The standard InChI is InChI=1S/C11H10N4O3S/c1-7(13-14-11-12-10(16)6-19-11)8-2-4-9(5-3-8)15(17)18/h2-5H,6H2,1H3,(H,12,14,16)/b13-7-. The Labute approximate surface area is 112 Å². The first-order chi connectivity index (χ1) is 9.06. The van der Waals surface area contributed by atoms with E-state index in [4.69, 9.17) is 0 Å². The Hall–Kier alpha value is -2.22. The summed E-state index contributed by atoms with van der Waals surface area (Å²) in [6.45, 7) is 1.74. The van der Waals surface area contributed by atoms with Crippen LogP contribution in [-0.4, -0.2) is 27.5 Å². The Morgan fingerprint density at radius 3 is 2.63 bits per heavy atom. The highest BCUT2D eigenvalue weighted by atomic mass is 32.2. The number of nitrogens with one attached hydrogen (secondary N) is 1. The molecule has 7 nitrogen and oxygen atoms in total. The Morgan fingerprint density at radius 2 is 2.11 bits per heavy atom. The average Bonchev–Trinajstić information content (AvgIpc) is 2.82. The predicted molar refractivity (Wildman–Crippen MR) is 73.3 cm³/mol. The fraction of sp³-hybridized carbons (Fsp3) is 0.182. The highest BCUT2D eigenvalue weighted by molar-refractivity contribution is 8.15. The van der Waals surface area contributed by atoms with Gasteiger partial charge in [0.1, 0.15) is 0 Å². The van der Waals surface area contributed by atoms with Gasteiger partial charge in [-0.2, -0.15) is 5.10 Å². The van der Waals surface area contributed by atoms with Crippen LogP contribution in [0.3, 0.4) is 0 Å². The van der Waals surface area contributed by atoms with Crippen molar-refractivity contribution in [3.63, 3.8) is 0 Å². The second-order valence-corrected chi connectivity index (χ2v) is 4.70. The molecular formula is C11H10N4O3S. The molecule has 0 atom stereocenters. The van der Waals surface area contributed by atoms with E-state index in [1.165, 1.54) is 23.9 Å². The van der Waals surface area contributed by atoms with Crippen molar-refractivity contribution in [3.8, 4) is 0 Å². The zero-order chi connectivity index (χ0) is 13.8. The van der Waals surface area contributed by atoms with Crippen LogP contribution in [0.25, 0.3) is 0 Å². The minimum Gasteiger partial charge on any atom is -0.303 e. The van der Waals surface area contributed by atoms with Gasteiger partial charge in [0.25, 0.3) is 5.69 Å². The summed E-state index contributed by atoms with van der Waals surface area (Å²) in [5.74, 6) is 0.261. The molecule has 0 spiro atoms. The highest BCUT2D eigenvalue weighted by Gasteiger charge is 2.16. The van der Waals surface area contributed by atoms with Gasteiger partial charge in [-0.1, -0.05) is 11.8 Å². The molecule has 1 saturated heterocycles. The number of nitro groups is 1. The lowest BCUT2D eigenvalue weighted by atomic mass is 10.1. The zero-order valence-electron chi connectivity index (χ0n) is 9.99. The summed E-state index contributed by atoms with van der Waals surface area (Å²) in [7, 11) is 0. The van der Waals surface area contributed by atoms with E-state index in [-0.39, 0.29) is 11.6 Å². The maximum atomic E-state index is 10.9. The Kier molecular flexibility index (Phi) is 3.91. The Balaban J connectivity index is 2.12. The van der Waals surface area contributed by atoms with Gasteiger partial charge in [0.05, 0.1) is 16.4 Å². The first kappa shape index (κ1) is 13.2. The van der Waals surface area contributed by atoms with Crippen LogP contribution >= 0.6 is 11.8 Å². The molecule has 1 aromatic rings. The van der Waals surface area contributed by atoms with Crippen LogP contribution in [0.15, 0.2) is 34.5 Å². The SMILES string of the molecule is C/C(=N/N=C1\NC(=O)CS1)c1ccc([N+](=O)[O-])cc1. The average molecular weight is 278 g/mol. The van der Waals surface area contributed by atoms with E-state index in [2.05, 4.69) is 15.5 Å². The number of benzene rings is 1. The lowest BCUT2D eigenvalue weighted by Gasteiger charge is -1.98. The van der Waals surface area contributed by atoms with Gasteiger partial charge in [0.15, 0.2) is 5.17 Å². The molecule has 2 rings (SSSR count). The van der Waals surface area contributed by atoms with E-state index < -0.39 is 4.92 Å². The van der Waals surface area contributed by atoms with Crippen LogP contribution in [0.1, 0.15) is 12.5 Å². The number of carbonyl (C=O) groups excluding carboxylic acids is 1. The number of carbonyl (C=O) groups is 1. The first-order valence-corrected chi connectivity index (χ1v) is 6.34. The minimum absolute atomic E-state index is 0.0291. The molecule has 1 aromatic carbocycles. The van der Waals surface area contributed by atoms with Crippen molar-refractivity contribution < 1.29 is 9.72 Å². The maximum absolute atomic E-state index is 10.9. The molecule has 0 aliphatic carbocycles. The van der Waals surface area contributed by atoms with Crippen molar-refractivity contribution >= 4 is 34.2 Å². The molecule has 1 aliphatic rings. The lowest BCUT2D eigenvalue weighted by Crippen LogP contribution is -2.19. The Bertz CT molecular complexity index is 580. The van der Waals surface area contributed by atoms with Gasteiger partial charge in [0, 0.05) is 12.1 Å². The van der Waals surface area contributed by atoms with Gasteiger partial charge < -0.3 is 5.32 Å². The van der Waals surface area contributed by atoms with Crippen molar-refractivity contribution in [2.45, 2.75) is 6.92 Å². The monoisotopic (exact) mass is 278 g/mol. The van der Waals surface area contributed by atoms with Gasteiger partial charge in [-0.25, -0.2) is 0 Å². The number of amides is 1. The first-order valence-electron chi connectivity index (χ1n) is 5.36. The minimum atomic E-state index is -0.457. The summed E-state index contributed by atoms with van der Waals surface area (Å²) in [6, 6.07) is 6.04. The molecule has 8 heteroatoms. The quantitative estimate of drug-likeness (QED) is 0.515. The van der Waals surface area contributed by atoms with Gasteiger partial charge in [-0.3, -0.25) is 14.9 Å². The van der Waals surface area contributed by atoms with Crippen LogP contribution in [0.4, 0.5) is 5.69 Å². The van der Waals surface area contributed by atoms with E-state index in [0.717, 1.165) is 5.56 Å². The van der Waals surface area contributed by atoms with E-state index in [1.54, 1.807) is 19.1 Å². The van der Waals surface area contributed by atoms with Crippen LogP contribution in [0.2, 0.25) is 0 Å². The molecule has 19 heavy (non-hydrogen) atoms. The number of nitro benzene ring substituents is 1. The Morgan fingerprint density at radius 1 is 1.42 bits per heavy atom. The van der Waals surface area contributed by atoms with Crippen molar-refractivity contribution in [2.75, 3.05) is 5.75 Å². The van der Waals surface area contributed by atoms with Crippen LogP contribution < -0.4 is 5.32 Å². The van der Waals surface area contributed by atoms with Gasteiger partial charge >= 0.3 is 0 Å². The van der Waals surface area contributed by atoms with Gasteiger partial charge in [-0.15, -0.1) is 5.10 Å². The van der Waals surface area contributed by atoms with E-state index in [0.29, 0.717) is 16.6 Å². The molecule has 1 aliphatic heterocycles. The molecule has 1 heterocycles. The summed E-state index contributed by atoms with van der Waals surface area (Å²) >= 11 is 1.29. The molecule has 0 radical (unpaired) electrons. The summed E-state index contributed by atoms with van der Waals surface area (Å²) in [5.41, 5.74) is 1.38. The van der Waals surface area contributed by atoms with Crippen molar-refractivity contribution in [3.05, 3.63) is 39.9 Å². The zero-order valence-corrected chi connectivity index (χ0v) is 10.8. The smallest absolute Gasteiger partial charge is 0.269 e. The highest BCUT2D eigenvalue weighted by Crippen LogP contribution is 2.13. The van der Waals surface area contributed by atoms with E-state index >= 15 is 0 Å². The molecule has 0 unspecified atom stereocenters. The second kappa shape index (κ2) is 5.61. The second-order valence-electron chi connectivity index (χ2n) is 3.73. The number of amidine groups is 1. The van der Waals surface area contributed by atoms with Gasteiger partial charge in [-0.05, 0) is 24.6 Å². The largest absolute Gasteiger partial charge is 0.303 e. The molecular weight excluding hydrogens is 268 g/mol. The molecule has 1 fully saturated rings. The maximum Gasteiger partial charge on any atom is 0.269 e. The van der Waals surface area contributed by atoms with Crippen LogP contribution in [0, 0.1) is 10.1 Å². The molecule has 98 valence electrons. The normalized spacial score (nSPS) is 17.6. The molecule has 0 aromatic heterocycles. The fourth-order valence-electron chi connectivity index (χ4n) is 1.38. The number of nitrogens with zero attached hydrogens (tertiary/aromatic N) is 3. The molecule has 0 bridgehead atoms. The third kappa shape index (κ3) is 3.38. The number of rotatable bonds is 3. The van der Waals surface area contributed by atoms with Crippen molar-refractivity contribution in [1.82, 2.24) is 5.32 Å². The van der Waals surface area contributed by atoms with E-state index in [9.17, 15) is 14.9 Å². The molecule has 1 N–H and O–H groups in total. The predicted octanol–water partition coefficient (Wildman–Crippen LogP) is 1.54. The topological polar surface area (TPSA) is 97.0 Å². The molecule has 0 saturated carbocycles. The fourth-order valence-corrected chi connectivity index (χ4v) is 2.01. The molecule has 1 amide bonds. The van der Waals surface area contributed by atoms with Crippen LogP contribution in [-0.2, 0) is 4.79 Å². The summed E-state index contributed by atoms with van der Waals surface area (Å²) < 4.78 is 0. The summed E-state index contributed by atoms with van der Waals surface area (Å²) in [5, 5.41) is 21.4. The number of non-ortho nitro benzene ring substituents is 1. The third-order valence-electron chi connectivity index (χ3n) is 2.37. The van der Waals surface area contributed by atoms with E-state index in [1.807, 2.05) is 0 Å². The number of hydrogen-bond acceptors (Lipinski definition) is 6. The van der Waals surface area contributed by atoms with Crippen LogP contribution in [0.5, 0.6) is 0 Å². The lowest BCUT2D eigenvalue weighted by molar-refractivity contribution is -0.384. The number of thioether (sulfide) groups is 1.